The molecule has 0 atom stereocenters. The van der Waals surface area contributed by atoms with Gasteiger partial charge in [0.05, 0.1) is 22.5 Å². The minimum absolute atomic E-state index is 0.210. The lowest BCUT2D eigenvalue weighted by Crippen LogP contribution is -2.29. The molecule has 0 saturated carbocycles. The summed E-state index contributed by atoms with van der Waals surface area (Å²) in [6.45, 7) is 0.679. The summed E-state index contributed by atoms with van der Waals surface area (Å²) in [4.78, 5) is 3.40. The Labute approximate surface area is 200 Å². The normalized spacial score (nSPS) is 15.3. The number of rotatable bonds is 6. The number of hydrogen-bond donors (Lipinski definition) is 1. The van der Waals surface area contributed by atoms with Crippen molar-refractivity contribution in [1.29, 1.82) is 0 Å². The fourth-order valence-electron chi connectivity index (χ4n) is 3.34. The van der Waals surface area contributed by atoms with Crippen molar-refractivity contribution in [2.75, 3.05) is 17.2 Å². The zero-order valence-corrected chi connectivity index (χ0v) is 21.6. The van der Waals surface area contributed by atoms with Gasteiger partial charge in [-0.05, 0) is 43.2 Å². The fraction of sp³-hybridized carbons (Fsp3) is 0.250. The number of anilines is 1. The van der Waals surface area contributed by atoms with Gasteiger partial charge in [-0.15, -0.1) is 0 Å². The van der Waals surface area contributed by atoms with Crippen LogP contribution in [0.5, 0.6) is 0 Å². The third-order valence-electron chi connectivity index (χ3n) is 4.80. The highest BCUT2D eigenvalue weighted by atomic mass is 79.9. The molecular weight excluding hydrogens is 572 g/mol. The molecule has 1 aliphatic rings. The summed E-state index contributed by atoms with van der Waals surface area (Å²) in [6, 6.07) is 12.5. The van der Waals surface area contributed by atoms with Crippen molar-refractivity contribution >= 4 is 87.1 Å². The second-order valence-corrected chi connectivity index (χ2v) is 12.5. The van der Waals surface area contributed by atoms with Gasteiger partial charge in [-0.25, -0.2) is 0 Å². The largest absolute Gasteiger partial charge is 0.335 e. The predicted octanol–water partition coefficient (Wildman–Crippen LogP) is 5.83. The Balaban J connectivity index is 1.66. The number of aryl methyl sites for hydroxylation is 1. The van der Waals surface area contributed by atoms with E-state index in [2.05, 4.69) is 84.8 Å². The van der Waals surface area contributed by atoms with Gasteiger partial charge in [0.1, 0.15) is 11.7 Å². The average molecular weight is 591 g/mol. The van der Waals surface area contributed by atoms with Gasteiger partial charge >= 0.3 is 0 Å². The molecule has 0 saturated heterocycles. The Morgan fingerprint density at radius 1 is 1.13 bits per heavy atom. The van der Waals surface area contributed by atoms with Gasteiger partial charge in [-0.3, -0.25) is 4.55 Å². The Bertz CT molecular complexity index is 1260. The van der Waals surface area contributed by atoms with E-state index in [0.717, 1.165) is 24.7 Å². The van der Waals surface area contributed by atoms with Crippen LogP contribution in [-0.4, -0.2) is 25.3 Å². The predicted molar refractivity (Wildman–Crippen MR) is 132 cm³/mol. The number of nitrogens with zero attached hydrogens (tertiary/aromatic N) is 2. The standard InChI is InChI=1S/C20H18Br2N2O3S3/c1-23-15-10-13(21)4-6-17(15)28-19(23)12-20-24(8-2-3-9-30(25,26)27)16-11-14(22)5-7-18(16)29-20/h4-7,10-12H,2-3,8-9H2,1H3/p+1. The first-order valence-corrected chi connectivity index (χ1v) is 14.0. The monoisotopic (exact) mass is 589 g/mol. The number of thiazole rings is 1. The average Bonchev–Trinajstić information content (AvgIpc) is 3.16. The first-order valence-electron chi connectivity index (χ1n) is 9.21. The zero-order valence-electron chi connectivity index (χ0n) is 16.0. The lowest BCUT2D eigenvalue weighted by molar-refractivity contribution is -0.642. The molecule has 2 aromatic carbocycles. The van der Waals surface area contributed by atoms with Crippen LogP contribution in [0.4, 0.5) is 5.69 Å². The van der Waals surface area contributed by atoms with E-state index in [1.165, 1.54) is 15.1 Å². The Morgan fingerprint density at radius 2 is 1.87 bits per heavy atom. The van der Waals surface area contributed by atoms with Crippen LogP contribution in [0.1, 0.15) is 17.8 Å². The molecule has 0 fully saturated rings. The van der Waals surface area contributed by atoms with E-state index in [1.54, 1.807) is 23.1 Å². The topological polar surface area (TPSA) is 61.5 Å². The number of aromatic nitrogens is 1. The van der Waals surface area contributed by atoms with Crippen LogP contribution in [-0.2, 0) is 17.2 Å². The molecule has 0 spiro atoms. The van der Waals surface area contributed by atoms with Crippen LogP contribution in [0.3, 0.4) is 0 Å². The molecule has 1 N–H and O–H groups in total. The molecule has 0 aliphatic carbocycles. The van der Waals surface area contributed by atoms with Gasteiger partial charge < -0.3 is 4.90 Å². The van der Waals surface area contributed by atoms with E-state index in [9.17, 15) is 8.42 Å². The number of unbranched alkanes of at least 4 members (excludes halogenated alkanes) is 1. The second kappa shape index (κ2) is 8.91. The van der Waals surface area contributed by atoms with Crippen LogP contribution in [0.2, 0.25) is 0 Å². The maximum absolute atomic E-state index is 11.0. The molecule has 0 amide bonds. The first-order chi connectivity index (χ1) is 14.2. The van der Waals surface area contributed by atoms with Gasteiger partial charge in [0.2, 0.25) is 5.52 Å². The number of hydrogen-bond acceptors (Lipinski definition) is 5. The number of thioether (sulfide) groups is 1. The van der Waals surface area contributed by atoms with E-state index in [4.69, 9.17) is 4.55 Å². The van der Waals surface area contributed by atoms with Crippen LogP contribution in [0.15, 0.2) is 55.3 Å². The maximum Gasteiger partial charge on any atom is 0.265 e. The van der Waals surface area contributed by atoms with Crippen LogP contribution in [0.25, 0.3) is 16.3 Å². The molecule has 0 unspecified atom stereocenters. The number of benzene rings is 2. The fourth-order valence-corrected chi connectivity index (χ4v) is 6.85. The maximum atomic E-state index is 11.0. The summed E-state index contributed by atoms with van der Waals surface area (Å²) in [6.07, 6.45) is 3.27. The van der Waals surface area contributed by atoms with E-state index >= 15 is 0 Å². The molecule has 4 rings (SSSR count). The highest BCUT2D eigenvalue weighted by Gasteiger charge is 2.27. The van der Waals surface area contributed by atoms with Gasteiger partial charge in [0, 0.05) is 26.5 Å². The Morgan fingerprint density at radius 3 is 2.63 bits per heavy atom. The van der Waals surface area contributed by atoms with Crippen LogP contribution < -0.4 is 9.47 Å². The van der Waals surface area contributed by atoms with Crippen molar-refractivity contribution in [3.05, 3.63) is 55.4 Å². The lowest BCUT2D eigenvalue weighted by Gasteiger charge is -2.20. The summed E-state index contributed by atoms with van der Waals surface area (Å²) in [5.74, 6) is -0.210. The third-order valence-corrected chi connectivity index (χ3v) is 8.87. The Kier molecular flexibility index (Phi) is 6.62. The van der Waals surface area contributed by atoms with Crippen LogP contribution in [0, 0.1) is 0 Å². The van der Waals surface area contributed by atoms with Crippen molar-refractivity contribution in [2.45, 2.75) is 17.7 Å². The molecule has 2 heterocycles. The molecule has 158 valence electrons. The lowest BCUT2D eigenvalue weighted by atomic mass is 10.2. The van der Waals surface area contributed by atoms with E-state index < -0.39 is 10.1 Å². The van der Waals surface area contributed by atoms with Crippen molar-refractivity contribution in [3.63, 3.8) is 0 Å². The zero-order chi connectivity index (χ0) is 21.5. The number of fused-ring (bicyclic) bond motifs is 2. The molecule has 3 aromatic rings. The molecule has 10 heteroatoms. The summed E-state index contributed by atoms with van der Waals surface area (Å²) in [7, 11) is -1.86. The first kappa shape index (κ1) is 22.3. The van der Waals surface area contributed by atoms with Crippen molar-refractivity contribution in [3.8, 4) is 0 Å². The highest BCUT2D eigenvalue weighted by Crippen LogP contribution is 2.48. The third kappa shape index (κ3) is 4.94. The minimum Gasteiger partial charge on any atom is -0.335 e. The molecule has 1 aromatic heterocycles. The van der Waals surface area contributed by atoms with E-state index in [0.29, 0.717) is 19.4 Å². The van der Waals surface area contributed by atoms with Crippen molar-refractivity contribution in [1.82, 2.24) is 0 Å². The summed E-state index contributed by atoms with van der Waals surface area (Å²) < 4.78 is 36.5. The molecule has 1 aliphatic heterocycles. The van der Waals surface area contributed by atoms with Gasteiger partial charge in [0.25, 0.3) is 15.1 Å². The number of halogens is 2. The van der Waals surface area contributed by atoms with Gasteiger partial charge in [0.15, 0.2) is 0 Å². The summed E-state index contributed by atoms with van der Waals surface area (Å²) in [5.41, 5.74) is 2.28. The van der Waals surface area contributed by atoms with Crippen molar-refractivity contribution < 1.29 is 17.5 Å². The van der Waals surface area contributed by atoms with Crippen LogP contribution >= 0.6 is 55.0 Å². The van der Waals surface area contributed by atoms with Gasteiger partial charge in [-0.1, -0.05) is 55.0 Å². The molecule has 0 bridgehead atoms. The van der Waals surface area contributed by atoms with Gasteiger partial charge in [-0.2, -0.15) is 13.0 Å². The smallest absolute Gasteiger partial charge is 0.265 e. The molecule has 5 nitrogen and oxygen atoms in total. The minimum atomic E-state index is -3.92. The quantitative estimate of drug-likeness (QED) is 0.222. The Hall–Kier alpha value is -0.910. The van der Waals surface area contributed by atoms with E-state index in [1.807, 2.05) is 6.07 Å². The summed E-state index contributed by atoms with van der Waals surface area (Å²) >= 11 is 10.6. The molecule has 0 radical (unpaired) electrons. The summed E-state index contributed by atoms with van der Waals surface area (Å²) in [5, 5.41) is 2.25. The van der Waals surface area contributed by atoms with E-state index in [-0.39, 0.29) is 5.75 Å². The molecular formula is C20H19Br2N2O3S3+. The van der Waals surface area contributed by atoms with Crippen molar-refractivity contribution in [2.24, 2.45) is 7.05 Å². The second-order valence-electron chi connectivity index (χ2n) is 6.95. The molecule has 30 heavy (non-hydrogen) atoms. The highest BCUT2D eigenvalue weighted by molar-refractivity contribution is 9.10. The SMILES string of the molecule is C[n+]1c(C=C2Sc3ccc(Br)cc3N2CCCCS(=O)(=O)O)sc2ccc(Br)cc21.